The lowest BCUT2D eigenvalue weighted by molar-refractivity contribution is -0.286. The molecule has 3 unspecified atom stereocenters. The van der Waals surface area contributed by atoms with Crippen molar-refractivity contribution in [2.45, 2.75) is 189 Å². The van der Waals surface area contributed by atoms with Crippen LogP contribution in [0.3, 0.4) is 0 Å². The third-order valence-electron chi connectivity index (χ3n) is 21.8. The molecule has 6 aromatic carbocycles. The number of amides is 5. The molecular formula is C84H103Cl2N9O27. The molecule has 36 nitrogen and oxygen atoms in total. The number of aliphatic hydroxyl groups excluding tert-OH is 6. The fourth-order valence-electron chi connectivity index (χ4n) is 15.4. The Morgan fingerprint density at radius 2 is 1.40 bits per heavy atom. The summed E-state index contributed by atoms with van der Waals surface area (Å²) in [6.07, 6.45) is -17.4. The molecule has 1 saturated heterocycles. The van der Waals surface area contributed by atoms with Gasteiger partial charge in [0.15, 0.2) is 40.9 Å². The van der Waals surface area contributed by atoms with Crippen molar-refractivity contribution in [3.63, 3.8) is 0 Å². The molecule has 6 aromatic rings. The van der Waals surface area contributed by atoms with Crippen LogP contribution in [0.2, 0.25) is 10.0 Å². The molecule has 24 N–H and O–H groups in total. The number of phenols is 4. The Bertz CT molecular complexity index is 4880. The van der Waals surface area contributed by atoms with Gasteiger partial charge in [-0.2, -0.15) is 0 Å². The molecule has 660 valence electrons. The van der Waals surface area contributed by atoms with Gasteiger partial charge in [0.25, 0.3) is 5.91 Å². The number of hydrogen-bond acceptors (Lipinski definition) is 31. The smallest absolute Gasteiger partial charge is 0.337 e. The van der Waals surface area contributed by atoms with E-state index in [1.807, 2.05) is 13.8 Å². The van der Waals surface area contributed by atoms with E-state index in [1.165, 1.54) is 68.6 Å². The Hall–Kier alpha value is -10.4. The summed E-state index contributed by atoms with van der Waals surface area (Å²) in [6, 6.07) is 10.5. The van der Waals surface area contributed by atoms with Crippen LogP contribution in [0.1, 0.15) is 161 Å². The van der Waals surface area contributed by atoms with E-state index in [-0.39, 0.29) is 136 Å². The van der Waals surface area contributed by atoms with E-state index in [0.29, 0.717) is 0 Å². The minimum Gasteiger partial charge on any atom is -0.508 e. The topological polar surface area (TPSA) is 608 Å². The third kappa shape index (κ3) is 22.5. The van der Waals surface area contributed by atoms with Gasteiger partial charge in [-0.05, 0) is 154 Å². The normalized spacial score (nSPS) is 26.1. The molecule has 5 aliphatic heterocycles. The average Bonchev–Trinajstić information content (AvgIpc) is 0.767. The van der Waals surface area contributed by atoms with E-state index in [4.69, 9.17) is 89.8 Å². The SMILES string of the molecule is CN[C@H](CC(C)C)C(=O)N[C@H]1C(=O)C[C@@H](CC(N)=O)C(=O)N[C@H]2C(=O)C[C@@H](C(N)=O)c3ccc(O)c(c3)-c3c(O)cc(O)cc3C(C(=O)CCCOCCOCC(=O)Oc3ccc(N)c(O)c3C(N)=O)NC(C)C[C@H](O)c3ccc(c(Cl)c3)Oc3cc2cc(c3OC2C[C@@H](CO)[C@@H](O)[C@H](O)[C@@H]2O[C@@H]2C[C@](C)(N)[C@H](O)[C@@H](C)O2)Oc2ccc(cc2Cl)[C@H]1O. The van der Waals surface area contributed by atoms with Crippen LogP contribution in [0.15, 0.2) is 91.0 Å². The summed E-state index contributed by atoms with van der Waals surface area (Å²) in [5.74, 6) is -19.1. The van der Waals surface area contributed by atoms with E-state index in [1.54, 1.807) is 13.8 Å². The number of nitrogen functional groups attached to an aromatic ring is 1. The molecule has 122 heavy (non-hydrogen) atoms. The number of Topliss-reactive ketones (excluding diaryl/α,β-unsaturated/α-hetero) is 3. The van der Waals surface area contributed by atoms with E-state index >= 15 is 19.2 Å². The van der Waals surface area contributed by atoms with Gasteiger partial charge in [0.1, 0.15) is 83.2 Å². The summed E-state index contributed by atoms with van der Waals surface area (Å²) in [4.78, 5) is 128. The predicted octanol–water partition coefficient (Wildman–Crippen LogP) is 4.28. The lowest BCUT2D eigenvalue weighted by Crippen LogP contribution is -2.63. The summed E-state index contributed by atoms with van der Waals surface area (Å²) < 4.78 is 49.4. The van der Waals surface area contributed by atoms with Crippen LogP contribution < -0.4 is 68.9 Å². The van der Waals surface area contributed by atoms with Crippen LogP contribution in [-0.4, -0.2) is 211 Å². The first-order valence-corrected chi connectivity index (χ1v) is 40.2. The van der Waals surface area contributed by atoms with Gasteiger partial charge in [0.2, 0.25) is 29.4 Å². The van der Waals surface area contributed by atoms with Crippen LogP contribution >= 0.6 is 23.2 Å². The maximum atomic E-state index is 16.2. The van der Waals surface area contributed by atoms with Crippen LogP contribution in [0, 0.1) is 17.8 Å². The number of likely N-dealkylation sites (N-methyl/N-ethyl adjacent to an activating group) is 1. The van der Waals surface area contributed by atoms with Gasteiger partial charge in [-0.1, -0.05) is 55.2 Å². The van der Waals surface area contributed by atoms with Crippen molar-refractivity contribution in [3.05, 3.63) is 134 Å². The Labute approximate surface area is 710 Å². The maximum absolute atomic E-state index is 16.2. The summed E-state index contributed by atoms with van der Waals surface area (Å²) in [5.41, 5.74) is 26.4. The van der Waals surface area contributed by atoms with E-state index < -0.39 is 240 Å². The molecule has 5 heterocycles. The number of benzene rings is 6. The standard InChI is InChI=1S/C84H103Cl2N9O27/c1-36(2)20-52(92-6)83(114)95-72-57(102)25-43(29-65(88)104)82(113)94-70-42-26-62(77(63(27-42)119-60-15-11-41(73(72)106)24-50(60)86)121-64-28-44(34-96)74(107)76(109)78(64)122-67-33-84(5,91)79(110)38(4)117-67)118-59-14-10-40(23-49(59)85)55(100)21-37(3)93-71(48-30-45(97)31-56(101)68(48)47-22-39(9-13-53(47)98)46(80(89)111)32-58(70)103)54(99)8-7-17-115-18-19-116-35-66(105)120-61-16-12-51(87)75(108)69(61)81(90)112/h9-16,22-24,26-27,30-31,36-38,43-44,46,52,55,64,67,70-74,76,78-79,92-93,96-98,100-101,106-110H,7-8,17-21,25,28-29,32-35,87,91H2,1-6H3,(H2,88,104)(H2,89,111)(H2,90,112)(H,94,113)(H,95,114)/t37?,38-,43+,44+,46-,52-,55+,64?,67-,70-,71?,72+,73-,74-,76+,78-,79-,84+/m1/s1. The summed E-state index contributed by atoms with van der Waals surface area (Å²) in [6.45, 7) is 6.55. The van der Waals surface area contributed by atoms with Gasteiger partial charge in [-0.25, -0.2) is 4.79 Å². The van der Waals surface area contributed by atoms with Crippen molar-refractivity contribution in [1.82, 2.24) is 21.3 Å². The van der Waals surface area contributed by atoms with Crippen LogP contribution in [0.4, 0.5) is 5.69 Å². The third-order valence-corrected chi connectivity index (χ3v) is 22.4. The van der Waals surface area contributed by atoms with Gasteiger partial charge >= 0.3 is 5.97 Å². The molecule has 0 spiro atoms. The zero-order chi connectivity index (χ0) is 89.2. The number of ketones is 3. The number of nitrogens with one attached hydrogen (secondary N) is 4. The molecule has 18 atom stereocenters. The van der Waals surface area contributed by atoms with Gasteiger partial charge in [-0.3, -0.25) is 38.4 Å². The number of carbonyl (C=O) groups excluding carboxylic acids is 9. The van der Waals surface area contributed by atoms with Crippen LogP contribution in [0.25, 0.3) is 11.1 Å². The predicted molar refractivity (Wildman–Crippen MR) is 436 cm³/mol. The first-order chi connectivity index (χ1) is 57.7. The number of hydrogen-bond donors (Lipinski definition) is 19. The molecular weight excluding hydrogens is 1640 g/mol. The number of fused-ring (bicyclic) bond motifs is 16. The molecule has 1 aliphatic carbocycles. The molecule has 6 aliphatic rings. The number of esters is 1. The van der Waals surface area contributed by atoms with Gasteiger partial charge in [0.05, 0.1) is 77.3 Å². The first-order valence-electron chi connectivity index (χ1n) is 39.4. The van der Waals surface area contributed by atoms with Crippen molar-refractivity contribution >= 4 is 81.7 Å². The number of carbonyl (C=O) groups is 9. The lowest BCUT2D eigenvalue weighted by atomic mass is 9.80. The molecule has 0 radical (unpaired) electrons. The Kier molecular flexibility index (Phi) is 31.3. The minimum atomic E-state index is -2.15. The number of halogens is 2. The Morgan fingerprint density at radius 1 is 0.746 bits per heavy atom. The number of phenolic OH excluding ortho intramolecular Hbond substituents is 3. The Balaban J connectivity index is 1.11. The summed E-state index contributed by atoms with van der Waals surface area (Å²) in [5, 5.41) is 127. The lowest BCUT2D eigenvalue weighted by Gasteiger charge is -2.47. The number of aliphatic hydroxyl groups is 6. The van der Waals surface area contributed by atoms with E-state index in [9.17, 15) is 75.0 Å². The number of aromatic hydroxyl groups is 4. The van der Waals surface area contributed by atoms with Crippen LogP contribution in [-0.2, 0) is 57.3 Å². The van der Waals surface area contributed by atoms with Crippen molar-refractivity contribution in [3.8, 4) is 68.6 Å². The number of primary amides is 3. The van der Waals surface area contributed by atoms with Crippen molar-refractivity contribution in [2.24, 2.45) is 40.7 Å². The average molecular weight is 1740 g/mol. The fraction of sp³-hybridized carbons (Fsp3) is 0.464. The van der Waals surface area contributed by atoms with Crippen LogP contribution in [0.5, 0.6) is 57.5 Å². The van der Waals surface area contributed by atoms with Gasteiger partial charge < -0.3 is 139 Å². The molecule has 12 rings (SSSR count). The number of ether oxygens (including phenoxy) is 8. The highest BCUT2D eigenvalue weighted by atomic mass is 35.5. The van der Waals surface area contributed by atoms with Crippen molar-refractivity contribution < 1.29 is 132 Å². The second-order valence-electron chi connectivity index (χ2n) is 31.7. The summed E-state index contributed by atoms with van der Waals surface area (Å²) >= 11 is 14.4. The van der Waals surface area contributed by atoms with E-state index in [0.717, 1.165) is 36.4 Å². The van der Waals surface area contributed by atoms with Gasteiger partial charge in [0, 0.05) is 80.0 Å². The maximum Gasteiger partial charge on any atom is 0.337 e. The van der Waals surface area contributed by atoms with Crippen molar-refractivity contribution in [1.29, 1.82) is 0 Å². The second-order valence-corrected chi connectivity index (χ2v) is 32.5. The first kappa shape index (κ1) is 93.9. The minimum absolute atomic E-state index is 0.00229. The number of rotatable bonds is 25. The highest BCUT2D eigenvalue weighted by Gasteiger charge is 2.51. The number of anilines is 1. The monoisotopic (exact) mass is 1740 g/mol. The molecule has 38 heteroatoms. The second kappa shape index (κ2) is 40.7. The Morgan fingerprint density at radius 3 is 2.02 bits per heavy atom. The molecule has 2 fully saturated rings. The number of nitrogens with two attached hydrogens (primary N) is 5. The van der Waals surface area contributed by atoms with Gasteiger partial charge in [-0.15, -0.1) is 0 Å². The van der Waals surface area contributed by atoms with E-state index in [2.05, 4.69) is 21.3 Å². The zero-order valence-electron chi connectivity index (χ0n) is 67.5. The fourth-order valence-corrected chi connectivity index (χ4v) is 15.9. The molecule has 0 aromatic heterocycles. The highest BCUT2D eigenvalue weighted by Crippen LogP contribution is 2.51. The molecule has 9 bridgehead atoms. The van der Waals surface area contributed by atoms with Crippen molar-refractivity contribution in [2.75, 3.05) is 45.8 Å². The zero-order valence-corrected chi connectivity index (χ0v) is 69.0. The molecule has 5 amide bonds. The quantitative estimate of drug-likeness (QED) is 0.0125. The highest BCUT2D eigenvalue weighted by molar-refractivity contribution is 6.32. The summed E-state index contributed by atoms with van der Waals surface area (Å²) in [7, 11) is 1.50. The molecule has 1 saturated carbocycles. The largest absolute Gasteiger partial charge is 0.508 e.